The van der Waals surface area contributed by atoms with Crippen molar-refractivity contribution in [3.05, 3.63) is 70.3 Å². The fourth-order valence-electron chi connectivity index (χ4n) is 2.09. The van der Waals surface area contributed by atoms with Gasteiger partial charge in [-0.2, -0.15) is 13.2 Å². The number of ether oxygens (including phenoxy) is 1. The van der Waals surface area contributed by atoms with Gasteiger partial charge in [0.15, 0.2) is 6.61 Å². The Bertz CT molecular complexity index is 879. The molecule has 27 heavy (non-hydrogen) atoms. The summed E-state index contributed by atoms with van der Waals surface area (Å²) >= 11 is 5.83. The van der Waals surface area contributed by atoms with Gasteiger partial charge in [-0.3, -0.25) is 4.79 Å². The highest BCUT2D eigenvalue weighted by molar-refractivity contribution is 6.32. The first-order valence-electron chi connectivity index (χ1n) is 7.74. The maximum Gasteiger partial charge on any atom is 0.416 e. The molecule has 0 saturated heterocycles. The van der Waals surface area contributed by atoms with Gasteiger partial charge in [-0.25, -0.2) is 4.79 Å². The molecule has 2 aromatic carbocycles. The predicted octanol–water partition coefficient (Wildman–Crippen LogP) is 4.86. The van der Waals surface area contributed by atoms with Gasteiger partial charge in [0, 0.05) is 16.8 Å². The molecular weight excluding hydrogens is 383 g/mol. The molecular formula is C19H15ClF3NO3. The second kappa shape index (κ2) is 8.73. The van der Waals surface area contributed by atoms with Crippen molar-refractivity contribution in [2.45, 2.75) is 13.1 Å². The summed E-state index contributed by atoms with van der Waals surface area (Å²) in [5.74, 6) is -1.42. The number of rotatable bonds is 5. The number of carbonyl (C=O) groups is 2. The molecule has 0 unspecified atom stereocenters. The first-order chi connectivity index (χ1) is 12.7. The van der Waals surface area contributed by atoms with Crippen molar-refractivity contribution in [2.24, 2.45) is 0 Å². The molecule has 0 aliphatic carbocycles. The molecule has 0 aliphatic rings. The van der Waals surface area contributed by atoms with E-state index in [9.17, 15) is 22.8 Å². The molecule has 1 amide bonds. The van der Waals surface area contributed by atoms with E-state index in [2.05, 4.69) is 5.32 Å². The Morgan fingerprint density at radius 2 is 1.89 bits per heavy atom. The number of nitrogens with one attached hydrogen (secondary N) is 1. The van der Waals surface area contributed by atoms with Gasteiger partial charge in [-0.15, -0.1) is 0 Å². The molecule has 0 bridgehead atoms. The van der Waals surface area contributed by atoms with E-state index in [0.717, 1.165) is 35.9 Å². The molecule has 0 heterocycles. The topological polar surface area (TPSA) is 55.4 Å². The van der Waals surface area contributed by atoms with E-state index in [1.54, 1.807) is 12.1 Å². The molecule has 142 valence electrons. The van der Waals surface area contributed by atoms with Crippen molar-refractivity contribution in [2.75, 3.05) is 11.9 Å². The summed E-state index contributed by atoms with van der Waals surface area (Å²) in [6.07, 6.45) is -2.52. The fraction of sp³-hybridized carbons (Fsp3) is 0.158. The van der Waals surface area contributed by atoms with Crippen molar-refractivity contribution >= 4 is 35.2 Å². The molecule has 0 atom stereocenters. The van der Waals surface area contributed by atoms with E-state index in [4.69, 9.17) is 16.3 Å². The molecule has 1 N–H and O–H groups in total. The molecule has 2 aromatic rings. The van der Waals surface area contributed by atoms with Crippen molar-refractivity contribution in [1.82, 2.24) is 0 Å². The smallest absolute Gasteiger partial charge is 0.416 e. The molecule has 4 nitrogen and oxygen atoms in total. The molecule has 0 aliphatic heterocycles. The number of hydrogen-bond acceptors (Lipinski definition) is 3. The van der Waals surface area contributed by atoms with Gasteiger partial charge in [-0.05, 0) is 48.4 Å². The Balaban J connectivity index is 1.94. The van der Waals surface area contributed by atoms with E-state index in [0.29, 0.717) is 5.69 Å². The molecule has 2 rings (SSSR count). The maximum atomic E-state index is 12.7. The van der Waals surface area contributed by atoms with Crippen LogP contribution < -0.4 is 5.32 Å². The number of alkyl halides is 3. The monoisotopic (exact) mass is 397 g/mol. The Hall–Kier alpha value is -2.80. The maximum absolute atomic E-state index is 12.7. The third-order valence-corrected chi connectivity index (χ3v) is 3.83. The summed E-state index contributed by atoms with van der Waals surface area (Å²) < 4.78 is 42.9. The van der Waals surface area contributed by atoms with Crippen LogP contribution in [0.4, 0.5) is 18.9 Å². The molecule has 0 radical (unpaired) electrons. The van der Waals surface area contributed by atoms with Crippen LogP contribution in [-0.4, -0.2) is 18.5 Å². The average molecular weight is 398 g/mol. The van der Waals surface area contributed by atoms with Crippen LogP contribution in [0.5, 0.6) is 0 Å². The number of amides is 1. The summed E-state index contributed by atoms with van der Waals surface area (Å²) in [6.45, 7) is 1.27. The number of esters is 1. The highest BCUT2D eigenvalue weighted by atomic mass is 35.5. The third kappa shape index (κ3) is 6.14. The van der Waals surface area contributed by atoms with E-state index >= 15 is 0 Å². The first-order valence-corrected chi connectivity index (χ1v) is 8.11. The van der Waals surface area contributed by atoms with Gasteiger partial charge >= 0.3 is 12.1 Å². The second-order valence-electron chi connectivity index (χ2n) is 5.54. The highest BCUT2D eigenvalue weighted by Crippen LogP contribution is 2.32. The Morgan fingerprint density at radius 3 is 2.56 bits per heavy atom. The zero-order valence-electron chi connectivity index (χ0n) is 14.1. The molecule has 8 heteroatoms. The lowest BCUT2D eigenvalue weighted by atomic mass is 10.1. The Labute approximate surface area is 158 Å². The zero-order valence-corrected chi connectivity index (χ0v) is 14.9. The van der Waals surface area contributed by atoms with Crippen molar-refractivity contribution < 1.29 is 27.5 Å². The molecule has 0 spiro atoms. The van der Waals surface area contributed by atoms with Crippen LogP contribution in [0, 0.1) is 6.92 Å². The van der Waals surface area contributed by atoms with Gasteiger partial charge in [-0.1, -0.05) is 29.8 Å². The molecule has 0 fully saturated rings. The minimum absolute atomic E-state index is 0.00723. The number of anilines is 1. The normalized spacial score (nSPS) is 11.4. The zero-order chi connectivity index (χ0) is 20.0. The second-order valence-corrected chi connectivity index (χ2v) is 5.95. The third-order valence-electron chi connectivity index (χ3n) is 3.49. The number of halogens is 4. The average Bonchev–Trinajstić information content (AvgIpc) is 2.60. The van der Waals surface area contributed by atoms with Crippen molar-refractivity contribution in [3.63, 3.8) is 0 Å². The quantitative estimate of drug-likeness (QED) is 0.579. The van der Waals surface area contributed by atoms with Crippen LogP contribution in [0.25, 0.3) is 6.08 Å². The van der Waals surface area contributed by atoms with Crippen LogP contribution in [0.2, 0.25) is 5.02 Å². The van der Waals surface area contributed by atoms with E-state index < -0.39 is 30.2 Å². The number of carbonyl (C=O) groups excluding carboxylic acids is 2. The lowest BCUT2D eigenvalue weighted by Crippen LogP contribution is -2.20. The lowest BCUT2D eigenvalue weighted by Gasteiger charge is -2.08. The number of para-hydroxylation sites is 1. The standard InChI is InChI=1S/C19H15ClF3NO3/c1-12-4-2-3-5-16(12)24-17(25)11-27-18(26)9-6-13-10-14(19(21,22)23)7-8-15(13)20/h2-10H,11H2,1H3,(H,24,25)/b9-6+. The summed E-state index contributed by atoms with van der Waals surface area (Å²) in [6, 6.07) is 9.81. The summed E-state index contributed by atoms with van der Waals surface area (Å²) in [5.41, 5.74) is 0.548. The summed E-state index contributed by atoms with van der Waals surface area (Å²) in [7, 11) is 0. The lowest BCUT2D eigenvalue weighted by molar-refractivity contribution is -0.142. The number of hydrogen-bond donors (Lipinski definition) is 1. The number of aryl methyl sites for hydroxylation is 1. The van der Waals surface area contributed by atoms with Crippen molar-refractivity contribution in [3.8, 4) is 0 Å². The molecule has 0 aromatic heterocycles. The van der Waals surface area contributed by atoms with Crippen molar-refractivity contribution in [1.29, 1.82) is 0 Å². The first kappa shape index (κ1) is 20.5. The van der Waals surface area contributed by atoms with Gasteiger partial charge in [0.1, 0.15) is 0 Å². The Kier molecular flexibility index (Phi) is 6.63. The van der Waals surface area contributed by atoms with Crippen LogP contribution in [-0.2, 0) is 20.5 Å². The Morgan fingerprint density at radius 1 is 1.19 bits per heavy atom. The molecule has 0 saturated carbocycles. The minimum Gasteiger partial charge on any atom is -0.452 e. The fourth-order valence-corrected chi connectivity index (χ4v) is 2.27. The number of benzene rings is 2. The van der Waals surface area contributed by atoms with Gasteiger partial charge in [0.2, 0.25) is 0 Å². The SMILES string of the molecule is Cc1ccccc1NC(=O)COC(=O)/C=C/c1cc(C(F)(F)F)ccc1Cl. The summed E-state index contributed by atoms with van der Waals surface area (Å²) in [5, 5.41) is 2.63. The summed E-state index contributed by atoms with van der Waals surface area (Å²) in [4.78, 5) is 23.5. The van der Waals surface area contributed by atoms with E-state index in [1.165, 1.54) is 0 Å². The predicted molar refractivity (Wildman–Crippen MR) is 96.3 cm³/mol. The van der Waals surface area contributed by atoms with E-state index in [-0.39, 0.29) is 10.6 Å². The van der Waals surface area contributed by atoms with Crippen LogP contribution in [0.3, 0.4) is 0 Å². The van der Waals surface area contributed by atoms with Crippen LogP contribution in [0.1, 0.15) is 16.7 Å². The van der Waals surface area contributed by atoms with E-state index in [1.807, 2.05) is 19.1 Å². The van der Waals surface area contributed by atoms with Crippen LogP contribution >= 0.6 is 11.6 Å². The minimum atomic E-state index is -4.53. The van der Waals surface area contributed by atoms with Gasteiger partial charge < -0.3 is 10.1 Å². The highest BCUT2D eigenvalue weighted by Gasteiger charge is 2.30. The van der Waals surface area contributed by atoms with Gasteiger partial charge in [0.05, 0.1) is 5.56 Å². The largest absolute Gasteiger partial charge is 0.452 e. The van der Waals surface area contributed by atoms with Gasteiger partial charge in [0.25, 0.3) is 5.91 Å². The van der Waals surface area contributed by atoms with Crippen LogP contribution in [0.15, 0.2) is 48.5 Å².